The van der Waals surface area contributed by atoms with Crippen molar-refractivity contribution in [3.63, 3.8) is 0 Å². The highest BCUT2D eigenvalue weighted by Gasteiger charge is 2.28. The second kappa shape index (κ2) is 8.57. The molecule has 2 rings (SSSR count). The Balaban J connectivity index is 1.87. The van der Waals surface area contributed by atoms with Gasteiger partial charge in [0.15, 0.2) is 0 Å². The number of halogens is 3. The molecule has 0 atom stereocenters. The molecule has 1 amide bonds. The molecule has 0 spiro atoms. The van der Waals surface area contributed by atoms with Crippen molar-refractivity contribution in [3.05, 3.63) is 59.8 Å². The van der Waals surface area contributed by atoms with Crippen molar-refractivity contribution in [2.75, 3.05) is 7.11 Å². The molecule has 0 saturated heterocycles. The fraction of sp³-hybridized carbons (Fsp3) is 0.176. The van der Waals surface area contributed by atoms with Crippen LogP contribution in [0.5, 0.6) is 5.88 Å². The Kier molecular flexibility index (Phi) is 6.46. The average molecular weight is 368 g/mol. The Hall–Kier alpha value is -2.48. The second-order valence-corrected chi connectivity index (χ2v) is 6.01. The maximum absolute atomic E-state index is 12.3. The van der Waals surface area contributed by atoms with Crippen molar-refractivity contribution in [1.29, 1.82) is 0 Å². The maximum atomic E-state index is 12.3. The molecule has 1 N–H and O–H groups in total. The molecule has 4 nitrogen and oxygen atoms in total. The number of nitrogens with one attached hydrogen (secondary N) is 1. The zero-order valence-corrected chi connectivity index (χ0v) is 14.0. The zero-order chi connectivity index (χ0) is 18.3. The minimum atomic E-state index is -4.31. The highest BCUT2D eigenvalue weighted by molar-refractivity contribution is 8.00. The van der Waals surface area contributed by atoms with Crippen LogP contribution in [-0.2, 0) is 11.3 Å². The number of hydrogen-bond acceptors (Lipinski definition) is 4. The molecule has 8 heteroatoms. The van der Waals surface area contributed by atoms with Crippen LogP contribution < -0.4 is 10.1 Å². The lowest BCUT2D eigenvalue weighted by molar-refractivity contribution is -0.116. The molecule has 1 heterocycles. The van der Waals surface area contributed by atoms with E-state index in [1.807, 2.05) is 0 Å². The van der Waals surface area contributed by atoms with Gasteiger partial charge in [-0.3, -0.25) is 4.79 Å². The summed E-state index contributed by atoms with van der Waals surface area (Å²) in [6.45, 7) is 0.309. The van der Waals surface area contributed by atoms with E-state index in [1.54, 1.807) is 18.3 Å². The predicted octanol–water partition coefficient (Wildman–Crippen LogP) is 4.03. The summed E-state index contributed by atoms with van der Waals surface area (Å²) < 4.78 is 41.8. The van der Waals surface area contributed by atoms with Gasteiger partial charge in [0, 0.05) is 29.8 Å². The Bertz CT molecular complexity index is 746. The summed E-state index contributed by atoms with van der Waals surface area (Å²) >= 11 is -0.176. The van der Waals surface area contributed by atoms with Gasteiger partial charge in [-0.2, -0.15) is 13.2 Å². The van der Waals surface area contributed by atoms with Gasteiger partial charge < -0.3 is 10.1 Å². The molecule has 0 radical (unpaired) electrons. The van der Waals surface area contributed by atoms with Crippen molar-refractivity contribution >= 4 is 23.7 Å². The monoisotopic (exact) mass is 368 g/mol. The van der Waals surface area contributed by atoms with E-state index in [4.69, 9.17) is 4.74 Å². The van der Waals surface area contributed by atoms with Gasteiger partial charge in [-0.15, -0.1) is 0 Å². The van der Waals surface area contributed by atoms with Gasteiger partial charge >= 0.3 is 5.51 Å². The number of amides is 1. The van der Waals surface area contributed by atoms with E-state index in [-0.39, 0.29) is 22.6 Å². The molecule has 0 aliphatic heterocycles. The fourth-order valence-corrected chi connectivity index (χ4v) is 2.41. The average Bonchev–Trinajstić information content (AvgIpc) is 2.58. The summed E-state index contributed by atoms with van der Waals surface area (Å²) in [5, 5.41) is 2.70. The van der Waals surface area contributed by atoms with Crippen molar-refractivity contribution in [3.8, 4) is 5.88 Å². The lowest BCUT2D eigenvalue weighted by Gasteiger charge is -2.05. The molecule has 2 aromatic rings. The van der Waals surface area contributed by atoms with Crippen LogP contribution in [0.15, 0.2) is 53.6 Å². The Morgan fingerprint density at radius 2 is 2.00 bits per heavy atom. The first kappa shape index (κ1) is 18.9. The Morgan fingerprint density at radius 3 is 2.64 bits per heavy atom. The van der Waals surface area contributed by atoms with Crippen LogP contribution >= 0.6 is 11.8 Å². The van der Waals surface area contributed by atoms with Crippen LogP contribution in [0.2, 0.25) is 0 Å². The number of alkyl halides is 3. The zero-order valence-electron chi connectivity index (χ0n) is 13.2. The highest BCUT2D eigenvalue weighted by atomic mass is 32.2. The lowest BCUT2D eigenvalue weighted by atomic mass is 10.2. The number of rotatable bonds is 6. The third-order valence-electron chi connectivity index (χ3n) is 3.02. The number of methoxy groups -OCH3 is 1. The predicted molar refractivity (Wildman–Crippen MR) is 90.0 cm³/mol. The third kappa shape index (κ3) is 6.88. The van der Waals surface area contributed by atoms with E-state index in [1.165, 1.54) is 43.5 Å². The summed E-state index contributed by atoms with van der Waals surface area (Å²) in [5.41, 5.74) is -2.85. The minimum Gasteiger partial charge on any atom is -0.481 e. The smallest absolute Gasteiger partial charge is 0.446 e. The van der Waals surface area contributed by atoms with E-state index in [0.29, 0.717) is 18.0 Å². The number of hydrogen-bond donors (Lipinski definition) is 1. The summed E-state index contributed by atoms with van der Waals surface area (Å²) in [6.07, 6.45) is 4.44. The normalized spacial score (nSPS) is 11.5. The molecular weight excluding hydrogens is 353 g/mol. The largest absolute Gasteiger partial charge is 0.481 e. The van der Waals surface area contributed by atoms with Crippen LogP contribution in [0.3, 0.4) is 0 Å². The molecule has 0 saturated carbocycles. The molecular formula is C17H15F3N2O2S. The van der Waals surface area contributed by atoms with Crippen LogP contribution in [0.1, 0.15) is 11.1 Å². The van der Waals surface area contributed by atoms with Gasteiger partial charge in [0.2, 0.25) is 11.8 Å². The topological polar surface area (TPSA) is 51.2 Å². The molecule has 0 fully saturated rings. The number of nitrogens with zero attached hydrogens (tertiary/aromatic N) is 1. The third-order valence-corrected chi connectivity index (χ3v) is 3.76. The molecule has 0 aliphatic rings. The Labute approximate surface area is 147 Å². The second-order valence-electron chi connectivity index (χ2n) is 4.87. The number of thioether (sulfide) groups is 1. The van der Waals surface area contributed by atoms with Crippen molar-refractivity contribution in [1.82, 2.24) is 10.3 Å². The minimum absolute atomic E-state index is 0.0979. The van der Waals surface area contributed by atoms with E-state index in [9.17, 15) is 18.0 Å². The first-order chi connectivity index (χ1) is 11.9. The van der Waals surface area contributed by atoms with E-state index < -0.39 is 5.51 Å². The van der Waals surface area contributed by atoms with Crippen LogP contribution in [0.25, 0.3) is 6.08 Å². The quantitative estimate of drug-likeness (QED) is 0.618. The number of ether oxygens (including phenoxy) is 1. The molecule has 25 heavy (non-hydrogen) atoms. The molecule has 1 aromatic heterocycles. The van der Waals surface area contributed by atoms with Gasteiger partial charge in [0.25, 0.3) is 0 Å². The van der Waals surface area contributed by atoms with Gasteiger partial charge in [0.1, 0.15) is 0 Å². The first-order valence-corrected chi connectivity index (χ1v) is 7.98. The summed E-state index contributed by atoms with van der Waals surface area (Å²) in [5.74, 6) is 0.142. The number of carbonyl (C=O) groups excluding carboxylic acids is 1. The van der Waals surface area contributed by atoms with Crippen LogP contribution in [0, 0.1) is 0 Å². The molecule has 0 aliphatic carbocycles. The molecule has 0 unspecified atom stereocenters. The number of benzene rings is 1. The number of pyridine rings is 1. The van der Waals surface area contributed by atoms with Gasteiger partial charge in [-0.05, 0) is 47.2 Å². The number of aromatic nitrogens is 1. The summed E-state index contributed by atoms with van der Waals surface area (Å²) in [4.78, 5) is 15.9. The maximum Gasteiger partial charge on any atom is 0.446 e. The standard InChI is InChI=1S/C17H15F3N2O2S/c1-24-16-10-13(8-9-21-16)11-22-15(23)7-4-12-2-5-14(6-3-12)25-17(18,19)20/h2-10H,11H2,1H3,(H,22,23)/b7-4+. The van der Waals surface area contributed by atoms with E-state index in [0.717, 1.165) is 5.56 Å². The molecule has 132 valence electrons. The van der Waals surface area contributed by atoms with Crippen molar-refractivity contribution in [2.45, 2.75) is 16.9 Å². The summed E-state index contributed by atoms with van der Waals surface area (Å²) in [6, 6.07) is 9.22. The molecule has 1 aromatic carbocycles. The van der Waals surface area contributed by atoms with E-state index in [2.05, 4.69) is 10.3 Å². The Morgan fingerprint density at radius 1 is 1.28 bits per heavy atom. The van der Waals surface area contributed by atoms with Crippen LogP contribution in [0.4, 0.5) is 13.2 Å². The fourth-order valence-electron chi connectivity index (χ4n) is 1.87. The van der Waals surface area contributed by atoms with Crippen molar-refractivity contribution < 1.29 is 22.7 Å². The van der Waals surface area contributed by atoms with Gasteiger partial charge in [0.05, 0.1) is 7.11 Å². The van der Waals surface area contributed by atoms with Crippen molar-refractivity contribution in [2.24, 2.45) is 0 Å². The SMILES string of the molecule is COc1cc(CNC(=O)/C=C/c2ccc(SC(F)(F)F)cc2)ccn1. The summed E-state index contributed by atoms with van der Waals surface area (Å²) in [7, 11) is 1.51. The number of carbonyl (C=O) groups is 1. The van der Waals surface area contributed by atoms with Gasteiger partial charge in [-0.1, -0.05) is 12.1 Å². The highest BCUT2D eigenvalue weighted by Crippen LogP contribution is 2.36. The van der Waals surface area contributed by atoms with E-state index >= 15 is 0 Å². The first-order valence-electron chi connectivity index (χ1n) is 7.16. The van der Waals surface area contributed by atoms with Crippen LogP contribution in [-0.4, -0.2) is 23.5 Å². The lowest BCUT2D eigenvalue weighted by Crippen LogP contribution is -2.20. The molecule has 0 bridgehead atoms. The van der Waals surface area contributed by atoms with Gasteiger partial charge in [-0.25, -0.2) is 4.98 Å².